The van der Waals surface area contributed by atoms with E-state index >= 15 is 0 Å². The molecule has 3 heteroatoms. The molecule has 0 bridgehead atoms. The van der Waals surface area contributed by atoms with E-state index in [4.69, 9.17) is 4.74 Å². The highest BCUT2D eigenvalue weighted by atomic mass is 16.5. The van der Waals surface area contributed by atoms with Crippen LogP contribution in [0.25, 0.3) is 0 Å². The van der Waals surface area contributed by atoms with E-state index in [1.54, 1.807) is 0 Å². The van der Waals surface area contributed by atoms with Gasteiger partial charge in [-0.2, -0.15) is 0 Å². The third-order valence-electron chi connectivity index (χ3n) is 7.92. The van der Waals surface area contributed by atoms with Crippen LogP contribution < -0.4 is 0 Å². The first-order valence-electron chi connectivity index (χ1n) is 9.97. The van der Waals surface area contributed by atoms with Crippen molar-refractivity contribution in [3.8, 4) is 0 Å². The molecule has 0 aromatic heterocycles. The molecule has 0 saturated heterocycles. The molecule has 3 fully saturated rings. The van der Waals surface area contributed by atoms with Crippen molar-refractivity contribution in [1.29, 1.82) is 0 Å². The van der Waals surface area contributed by atoms with Crippen LogP contribution >= 0.6 is 0 Å². The molecule has 0 amide bonds. The van der Waals surface area contributed by atoms with E-state index in [0.29, 0.717) is 41.8 Å². The summed E-state index contributed by atoms with van der Waals surface area (Å²) in [6.07, 6.45) is 11.4. The van der Waals surface area contributed by atoms with Crippen LogP contribution in [-0.2, 0) is 14.3 Å². The molecule has 1 unspecified atom stereocenters. The molecule has 0 N–H and O–H groups in total. The predicted octanol–water partition coefficient (Wildman–Crippen LogP) is 4.47. The summed E-state index contributed by atoms with van der Waals surface area (Å²) in [6.45, 7) is 8.02. The summed E-state index contributed by atoms with van der Waals surface area (Å²) >= 11 is 0. The van der Waals surface area contributed by atoms with E-state index in [1.807, 2.05) is 6.08 Å². The van der Waals surface area contributed by atoms with E-state index in [0.717, 1.165) is 32.1 Å². The van der Waals surface area contributed by atoms with Gasteiger partial charge in [-0.3, -0.25) is 9.59 Å². The number of allylic oxidation sites excluding steroid dienone is 2. The summed E-state index contributed by atoms with van der Waals surface area (Å²) in [4.78, 5) is 23.5. The molecule has 0 aromatic rings. The Bertz CT molecular complexity index is 633. The summed E-state index contributed by atoms with van der Waals surface area (Å²) in [5.41, 5.74) is 1.50. The van der Waals surface area contributed by atoms with Gasteiger partial charge in [0.1, 0.15) is 6.10 Å². The average molecular weight is 342 g/mol. The van der Waals surface area contributed by atoms with Crippen molar-refractivity contribution in [2.75, 3.05) is 0 Å². The van der Waals surface area contributed by atoms with Crippen LogP contribution in [0.1, 0.15) is 58.8 Å². The highest BCUT2D eigenvalue weighted by molar-refractivity contribution is 5.91. The predicted molar refractivity (Wildman–Crippen MR) is 96.7 cm³/mol. The van der Waals surface area contributed by atoms with Gasteiger partial charge in [0.05, 0.1) is 0 Å². The average Bonchev–Trinajstić information content (AvgIpc) is 2.89. The van der Waals surface area contributed by atoms with Gasteiger partial charge in [0, 0.05) is 18.8 Å². The van der Waals surface area contributed by atoms with Gasteiger partial charge in [0.25, 0.3) is 0 Å². The van der Waals surface area contributed by atoms with Gasteiger partial charge in [0.2, 0.25) is 0 Å². The van der Waals surface area contributed by atoms with E-state index in [-0.39, 0.29) is 17.5 Å². The Hall–Kier alpha value is -1.38. The fourth-order valence-electron chi connectivity index (χ4n) is 6.87. The van der Waals surface area contributed by atoms with Crippen molar-refractivity contribution in [2.45, 2.75) is 64.9 Å². The van der Waals surface area contributed by atoms with Gasteiger partial charge in [-0.15, -0.1) is 6.58 Å². The molecule has 3 nitrogen and oxygen atoms in total. The molecule has 7 atom stereocenters. The molecule has 4 aliphatic rings. The lowest BCUT2D eigenvalue weighted by molar-refractivity contribution is -0.156. The van der Waals surface area contributed by atoms with Gasteiger partial charge in [0.15, 0.2) is 5.78 Å². The number of carbonyl (C=O) groups is 2. The van der Waals surface area contributed by atoms with Crippen molar-refractivity contribution in [1.82, 2.24) is 0 Å². The van der Waals surface area contributed by atoms with E-state index in [9.17, 15) is 9.59 Å². The van der Waals surface area contributed by atoms with Gasteiger partial charge in [-0.05, 0) is 74.2 Å². The van der Waals surface area contributed by atoms with Crippen LogP contribution in [0.2, 0.25) is 0 Å². The molecular formula is C22H30O3. The molecule has 25 heavy (non-hydrogen) atoms. The molecular weight excluding hydrogens is 312 g/mol. The lowest BCUT2D eigenvalue weighted by Gasteiger charge is -2.55. The zero-order valence-electron chi connectivity index (χ0n) is 15.5. The smallest absolute Gasteiger partial charge is 0.302 e. The van der Waals surface area contributed by atoms with Gasteiger partial charge >= 0.3 is 5.97 Å². The van der Waals surface area contributed by atoms with E-state index in [1.165, 1.54) is 18.9 Å². The van der Waals surface area contributed by atoms with Crippen LogP contribution in [0.4, 0.5) is 0 Å². The molecule has 136 valence electrons. The summed E-state index contributed by atoms with van der Waals surface area (Å²) in [5, 5.41) is 0. The second-order valence-electron chi connectivity index (χ2n) is 9.00. The zero-order chi connectivity index (χ0) is 17.8. The van der Waals surface area contributed by atoms with Gasteiger partial charge in [-0.1, -0.05) is 18.6 Å². The maximum atomic E-state index is 11.9. The van der Waals surface area contributed by atoms with Crippen molar-refractivity contribution in [3.05, 3.63) is 24.3 Å². The van der Waals surface area contributed by atoms with E-state index < -0.39 is 0 Å². The minimum Gasteiger partial charge on any atom is -0.462 e. The number of fused-ring (bicyclic) bond motifs is 5. The van der Waals surface area contributed by atoms with E-state index in [2.05, 4.69) is 19.6 Å². The Morgan fingerprint density at radius 1 is 1.32 bits per heavy atom. The monoisotopic (exact) mass is 342 g/mol. The molecule has 3 saturated carbocycles. The molecule has 0 radical (unpaired) electrons. The molecule has 0 spiro atoms. The molecule has 0 aliphatic heterocycles. The SMILES string of the molecule is C=CC1CC2=CC(=O)CC[C@@H]2[C@H]2CC[C@]3(C)[C@@H](OC(C)=O)CC[C@H]3[C@H]12. The number of hydrogen-bond acceptors (Lipinski definition) is 3. The quantitative estimate of drug-likeness (QED) is 0.549. The van der Waals surface area contributed by atoms with Crippen LogP contribution in [-0.4, -0.2) is 17.9 Å². The topological polar surface area (TPSA) is 43.4 Å². The number of rotatable bonds is 2. The molecule has 0 heterocycles. The normalized spacial score (nSPS) is 45.7. The number of ether oxygens (including phenoxy) is 1. The number of carbonyl (C=O) groups excluding carboxylic acids is 2. The van der Waals surface area contributed by atoms with Crippen molar-refractivity contribution >= 4 is 11.8 Å². The number of ketones is 1. The summed E-state index contributed by atoms with van der Waals surface area (Å²) in [5.74, 6) is 3.13. The maximum absolute atomic E-state index is 11.9. The second kappa shape index (κ2) is 6.10. The van der Waals surface area contributed by atoms with Crippen LogP contribution in [0.5, 0.6) is 0 Å². The fourth-order valence-corrected chi connectivity index (χ4v) is 6.87. The lowest BCUT2D eigenvalue weighted by Crippen LogP contribution is -2.51. The van der Waals surface area contributed by atoms with Gasteiger partial charge < -0.3 is 4.74 Å². The van der Waals surface area contributed by atoms with Crippen molar-refractivity contribution in [2.24, 2.45) is 35.0 Å². The maximum Gasteiger partial charge on any atom is 0.302 e. The Labute approximate surface area is 150 Å². The second-order valence-corrected chi connectivity index (χ2v) is 9.00. The summed E-state index contributed by atoms with van der Waals surface area (Å²) in [7, 11) is 0. The van der Waals surface area contributed by atoms with Crippen LogP contribution in [0, 0.1) is 35.0 Å². The molecule has 4 aliphatic carbocycles. The first-order valence-corrected chi connectivity index (χ1v) is 9.97. The zero-order valence-corrected chi connectivity index (χ0v) is 15.5. The third-order valence-corrected chi connectivity index (χ3v) is 7.92. The largest absolute Gasteiger partial charge is 0.462 e. The minimum absolute atomic E-state index is 0.0753. The van der Waals surface area contributed by atoms with Crippen molar-refractivity contribution < 1.29 is 14.3 Å². The Balaban J connectivity index is 1.66. The van der Waals surface area contributed by atoms with Crippen LogP contribution in [0.3, 0.4) is 0 Å². The first-order chi connectivity index (χ1) is 11.9. The molecule has 0 aromatic carbocycles. The fraction of sp³-hybridized carbons (Fsp3) is 0.727. The van der Waals surface area contributed by atoms with Crippen LogP contribution in [0.15, 0.2) is 24.3 Å². The number of esters is 1. The highest BCUT2D eigenvalue weighted by Crippen LogP contribution is 2.63. The Morgan fingerprint density at radius 2 is 2.12 bits per heavy atom. The first kappa shape index (κ1) is 17.1. The minimum atomic E-state index is -0.145. The highest BCUT2D eigenvalue weighted by Gasteiger charge is 2.59. The van der Waals surface area contributed by atoms with Gasteiger partial charge in [-0.25, -0.2) is 0 Å². The number of hydrogen-bond donors (Lipinski definition) is 0. The Kier molecular flexibility index (Phi) is 4.16. The standard InChI is InChI=1S/C22H30O3/c1-4-14-11-15-12-16(24)5-6-17(15)18-9-10-22(3)19(21(14)18)7-8-20(22)25-13(2)23/h4,12,14,17-21H,1,5-11H2,2-3H3/t14?,17-,18+,19-,20-,21+,22-/m0/s1. The third kappa shape index (κ3) is 2.62. The Morgan fingerprint density at radius 3 is 2.84 bits per heavy atom. The summed E-state index contributed by atoms with van der Waals surface area (Å²) in [6, 6.07) is 0. The van der Waals surface area contributed by atoms with Crippen molar-refractivity contribution in [3.63, 3.8) is 0 Å². The molecule has 4 rings (SSSR count). The lowest BCUT2D eigenvalue weighted by atomic mass is 9.49. The summed E-state index contributed by atoms with van der Waals surface area (Å²) < 4.78 is 5.73.